The third-order valence-electron chi connectivity index (χ3n) is 1.97. The Morgan fingerprint density at radius 1 is 1.44 bits per heavy atom. The normalized spacial score (nSPS) is 10.6. The zero-order valence-electron chi connectivity index (χ0n) is 9.75. The summed E-state index contributed by atoms with van der Waals surface area (Å²) >= 11 is 1.21. The van der Waals surface area contributed by atoms with Crippen molar-refractivity contribution < 1.29 is 9.21 Å². The Hall–Kier alpha value is -2.10. The summed E-state index contributed by atoms with van der Waals surface area (Å²) in [5.41, 5.74) is 5.52. The van der Waals surface area contributed by atoms with Crippen LogP contribution in [0.5, 0.6) is 0 Å². The molecule has 0 aliphatic rings. The third kappa shape index (κ3) is 2.77. The molecule has 2 aromatic heterocycles. The van der Waals surface area contributed by atoms with E-state index in [-0.39, 0.29) is 17.7 Å². The Morgan fingerprint density at radius 2 is 2.22 bits per heavy atom. The number of rotatable bonds is 4. The van der Waals surface area contributed by atoms with Crippen LogP contribution in [0.3, 0.4) is 0 Å². The standard InChI is InChI=1S/C8H11N7O2S/c1-4-11-13-7(17-4)10-5(16)3-18-8-14-12-6(9)15(8)2/h3H2,1-2H3,(H2,9,12)(H,10,13,16). The molecule has 0 saturated carbocycles. The molecule has 0 fully saturated rings. The molecule has 96 valence electrons. The van der Waals surface area contributed by atoms with Gasteiger partial charge in [-0.05, 0) is 0 Å². The molecule has 2 aromatic rings. The molecule has 0 aliphatic carbocycles. The minimum Gasteiger partial charge on any atom is -0.408 e. The summed E-state index contributed by atoms with van der Waals surface area (Å²) in [6, 6.07) is 0.0792. The molecule has 0 aliphatic heterocycles. The van der Waals surface area contributed by atoms with Crippen LogP contribution in [0.2, 0.25) is 0 Å². The summed E-state index contributed by atoms with van der Waals surface area (Å²) in [5, 5.41) is 17.8. The van der Waals surface area contributed by atoms with E-state index in [4.69, 9.17) is 10.2 Å². The van der Waals surface area contributed by atoms with E-state index in [1.165, 1.54) is 11.8 Å². The SMILES string of the molecule is Cc1nnc(NC(=O)CSc2nnc(N)n2C)o1. The van der Waals surface area contributed by atoms with Crippen molar-refractivity contribution in [1.82, 2.24) is 25.0 Å². The van der Waals surface area contributed by atoms with E-state index in [0.717, 1.165) is 0 Å². The minimum atomic E-state index is -0.273. The second-order valence-corrected chi connectivity index (χ2v) is 4.31. The lowest BCUT2D eigenvalue weighted by molar-refractivity contribution is -0.113. The number of nitrogens with one attached hydrogen (secondary N) is 1. The Morgan fingerprint density at radius 3 is 2.78 bits per heavy atom. The summed E-state index contributed by atoms with van der Waals surface area (Å²) in [6.07, 6.45) is 0. The maximum absolute atomic E-state index is 11.6. The van der Waals surface area contributed by atoms with Crippen molar-refractivity contribution in [2.45, 2.75) is 12.1 Å². The first-order valence-electron chi connectivity index (χ1n) is 4.94. The summed E-state index contributed by atoms with van der Waals surface area (Å²) in [7, 11) is 1.72. The van der Waals surface area contributed by atoms with Gasteiger partial charge in [0.25, 0.3) is 0 Å². The predicted molar refractivity (Wildman–Crippen MR) is 63.8 cm³/mol. The van der Waals surface area contributed by atoms with Crippen LogP contribution in [-0.4, -0.2) is 36.6 Å². The van der Waals surface area contributed by atoms with E-state index in [1.807, 2.05) is 0 Å². The molecule has 9 nitrogen and oxygen atoms in total. The van der Waals surface area contributed by atoms with Crippen LogP contribution in [0.1, 0.15) is 5.89 Å². The van der Waals surface area contributed by atoms with Gasteiger partial charge in [-0.15, -0.1) is 15.3 Å². The van der Waals surface area contributed by atoms with Crippen LogP contribution >= 0.6 is 11.8 Å². The average molecular weight is 269 g/mol. The highest BCUT2D eigenvalue weighted by Crippen LogP contribution is 2.16. The first-order chi connectivity index (χ1) is 8.56. The Bertz CT molecular complexity index is 564. The number of nitrogens with two attached hydrogens (primary N) is 1. The number of hydrogen-bond acceptors (Lipinski definition) is 8. The average Bonchev–Trinajstić information content (AvgIpc) is 2.86. The number of nitrogens with zero attached hydrogens (tertiary/aromatic N) is 5. The van der Waals surface area contributed by atoms with E-state index < -0.39 is 0 Å². The van der Waals surface area contributed by atoms with Crippen molar-refractivity contribution in [3.05, 3.63) is 5.89 Å². The van der Waals surface area contributed by atoms with Gasteiger partial charge < -0.3 is 10.2 Å². The molecular formula is C8H11N7O2S. The largest absolute Gasteiger partial charge is 0.408 e. The summed E-state index contributed by atoms with van der Waals surface area (Å²) in [5.74, 6) is 0.558. The quantitative estimate of drug-likeness (QED) is 0.732. The molecule has 0 spiro atoms. The first-order valence-corrected chi connectivity index (χ1v) is 5.92. The smallest absolute Gasteiger partial charge is 0.322 e. The molecule has 3 N–H and O–H groups in total. The van der Waals surface area contributed by atoms with Gasteiger partial charge in [-0.3, -0.25) is 14.7 Å². The number of nitrogen functional groups attached to an aromatic ring is 1. The number of aromatic nitrogens is 5. The van der Waals surface area contributed by atoms with Crippen molar-refractivity contribution in [3.8, 4) is 0 Å². The lowest BCUT2D eigenvalue weighted by Gasteiger charge is -2.00. The number of carbonyl (C=O) groups is 1. The van der Waals surface area contributed by atoms with Crippen molar-refractivity contribution in [2.75, 3.05) is 16.8 Å². The van der Waals surface area contributed by atoms with Crippen LogP contribution in [0, 0.1) is 6.92 Å². The molecule has 0 atom stereocenters. The van der Waals surface area contributed by atoms with E-state index in [9.17, 15) is 4.79 Å². The molecule has 0 bridgehead atoms. The fraction of sp³-hybridized carbons (Fsp3) is 0.375. The van der Waals surface area contributed by atoms with E-state index in [2.05, 4.69) is 25.7 Å². The fourth-order valence-electron chi connectivity index (χ4n) is 1.08. The summed E-state index contributed by atoms with van der Waals surface area (Å²) < 4.78 is 6.61. The number of amides is 1. The lowest BCUT2D eigenvalue weighted by Crippen LogP contribution is -2.14. The number of thioether (sulfide) groups is 1. The maximum Gasteiger partial charge on any atom is 0.322 e. The maximum atomic E-state index is 11.6. The second kappa shape index (κ2) is 5.04. The second-order valence-electron chi connectivity index (χ2n) is 3.36. The highest BCUT2D eigenvalue weighted by molar-refractivity contribution is 7.99. The van der Waals surface area contributed by atoms with E-state index in [0.29, 0.717) is 17.0 Å². The van der Waals surface area contributed by atoms with Crippen molar-refractivity contribution >= 4 is 29.6 Å². The minimum absolute atomic E-state index is 0.0792. The predicted octanol–water partition coefficient (Wildman–Crippen LogP) is -0.180. The highest BCUT2D eigenvalue weighted by Gasteiger charge is 2.11. The number of carbonyl (C=O) groups excluding carboxylic acids is 1. The van der Waals surface area contributed by atoms with Gasteiger partial charge in [0.05, 0.1) is 5.75 Å². The number of hydrogen-bond donors (Lipinski definition) is 2. The van der Waals surface area contributed by atoms with Crippen LogP contribution in [0.15, 0.2) is 9.57 Å². The van der Waals surface area contributed by atoms with Crippen molar-refractivity contribution in [3.63, 3.8) is 0 Å². The molecule has 2 rings (SSSR count). The first kappa shape index (κ1) is 12.4. The molecule has 0 saturated heterocycles. The molecule has 0 radical (unpaired) electrons. The molecule has 10 heteroatoms. The van der Waals surface area contributed by atoms with Crippen molar-refractivity contribution in [2.24, 2.45) is 7.05 Å². The topological polar surface area (TPSA) is 125 Å². The van der Waals surface area contributed by atoms with Gasteiger partial charge in [-0.1, -0.05) is 16.9 Å². The molecule has 0 unspecified atom stereocenters. The molecule has 2 heterocycles. The lowest BCUT2D eigenvalue weighted by atomic mass is 10.7. The zero-order chi connectivity index (χ0) is 13.1. The molecule has 0 aromatic carbocycles. The highest BCUT2D eigenvalue weighted by atomic mass is 32.2. The van der Waals surface area contributed by atoms with Crippen LogP contribution in [0.4, 0.5) is 12.0 Å². The monoisotopic (exact) mass is 269 g/mol. The van der Waals surface area contributed by atoms with Gasteiger partial charge >= 0.3 is 6.01 Å². The van der Waals surface area contributed by atoms with Gasteiger partial charge in [-0.25, -0.2) is 0 Å². The van der Waals surface area contributed by atoms with E-state index in [1.54, 1.807) is 18.5 Å². The molecule has 1 amide bonds. The van der Waals surface area contributed by atoms with Crippen LogP contribution < -0.4 is 11.1 Å². The van der Waals surface area contributed by atoms with Gasteiger partial charge in [0.15, 0.2) is 5.16 Å². The Labute approximate surface area is 106 Å². The fourth-order valence-corrected chi connectivity index (χ4v) is 1.80. The molecular weight excluding hydrogens is 258 g/mol. The molecule has 18 heavy (non-hydrogen) atoms. The Kier molecular flexibility index (Phi) is 3.46. The van der Waals surface area contributed by atoms with Gasteiger partial charge in [0.1, 0.15) is 0 Å². The third-order valence-corrected chi connectivity index (χ3v) is 2.99. The number of aryl methyl sites for hydroxylation is 1. The van der Waals surface area contributed by atoms with Gasteiger partial charge in [-0.2, -0.15) is 0 Å². The van der Waals surface area contributed by atoms with Crippen molar-refractivity contribution in [1.29, 1.82) is 0 Å². The summed E-state index contributed by atoms with van der Waals surface area (Å²) in [4.78, 5) is 11.6. The summed E-state index contributed by atoms with van der Waals surface area (Å²) in [6.45, 7) is 1.64. The van der Waals surface area contributed by atoms with Crippen LogP contribution in [-0.2, 0) is 11.8 Å². The Balaban J connectivity index is 1.87. The number of anilines is 2. The zero-order valence-corrected chi connectivity index (χ0v) is 10.6. The van der Waals surface area contributed by atoms with Gasteiger partial charge in [0.2, 0.25) is 17.7 Å². The van der Waals surface area contributed by atoms with Gasteiger partial charge in [0, 0.05) is 14.0 Å². The van der Waals surface area contributed by atoms with Crippen LogP contribution in [0.25, 0.3) is 0 Å². The van der Waals surface area contributed by atoms with E-state index >= 15 is 0 Å².